The van der Waals surface area contributed by atoms with Crippen LogP contribution in [-0.4, -0.2) is 13.0 Å². The molecule has 2 aromatic carbocycles. The van der Waals surface area contributed by atoms with Crippen molar-refractivity contribution < 1.29 is 9.53 Å². The molecule has 0 radical (unpaired) electrons. The summed E-state index contributed by atoms with van der Waals surface area (Å²) >= 11 is 12.0. The van der Waals surface area contributed by atoms with Crippen molar-refractivity contribution in [3.8, 4) is 5.75 Å². The number of hydrogen-bond donors (Lipinski definition) is 2. The molecule has 1 amide bonds. The quantitative estimate of drug-likeness (QED) is 0.882. The molecule has 0 aliphatic rings. The van der Waals surface area contributed by atoms with Crippen molar-refractivity contribution in [3.63, 3.8) is 0 Å². The number of ether oxygens (including phenoxy) is 1. The lowest BCUT2D eigenvalue weighted by Crippen LogP contribution is -2.28. The fourth-order valence-electron chi connectivity index (χ4n) is 1.92. The first kappa shape index (κ1) is 15.5. The normalized spacial score (nSPS) is 11.8. The number of amides is 1. The minimum Gasteiger partial charge on any atom is -0.497 e. The third-order valence-electron chi connectivity index (χ3n) is 2.94. The Morgan fingerprint density at radius 1 is 1.24 bits per heavy atom. The van der Waals surface area contributed by atoms with Gasteiger partial charge in [0.2, 0.25) is 5.91 Å². The first-order valence-corrected chi connectivity index (χ1v) is 6.91. The van der Waals surface area contributed by atoms with Crippen molar-refractivity contribution in [2.75, 3.05) is 12.4 Å². The molecule has 0 aromatic heterocycles. The minimum absolute atomic E-state index is 0.377. The molecule has 2 rings (SSSR count). The lowest BCUT2D eigenvalue weighted by atomic mass is 10.1. The highest BCUT2D eigenvalue weighted by atomic mass is 35.5. The summed E-state index contributed by atoms with van der Waals surface area (Å²) in [5.74, 6) is 0.132. The predicted molar refractivity (Wildman–Crippen MR) is 85.0 cm³/mol. The monoisotopic (exact) mass is 324 g/mol. The largest absolute Gasteiger partial charge is 0.497 e. The predicted octanol–water partition coefficient (Wildman–Crippen LogP) is 3.64. The number of methoxy groups -OCH3 is 1. The summed E-state index contributed by atoms with van der Waals surface area (Å²) in [4.78, 5) is 11.7. The lowest BCUT2D eigenvalue weighted by Gasteiger charge is -2.19. The number of hydrogen-bond acceptors (Lipinski definition) is 3. The number of anilines is 1. The highest BCUT2D eigenvalue weighted by molar-refractivity contribution is 6.35. The number of nitrogens with one attached hydrogen (secondary N) is 1. The third-order valence-corrected chi connectivity index (χ3v) is 3.50. The average Bonchev–Trinajstić information content (AvgIpc) is 2.45. The molecule has 3 N–H and O–H groups in total. The summed E-state index contributed by atoms with van der Waals surface area (Å²) in [6.07, 6.45) is 0. The van der Waals surface area contributed by atoms with E-state index in [2.05, 4.69) is 5.32 Å². The Morgan fingerprint density at radius 3 is 2.62 bits per heavy atom. The number of rotatable bonds is 5. The van der Waals surface area contributed by atoms with Crippen LogP contribution in [0.25, 0.3) is 0 Å². The standard InChI is InChI=1S/C15H14Cl2N2O2/c1-21-11-4-2-3-10(8-11)19-14(15(18)20)12-6-5-9(16)7-13(12)17/h2-8,14,19H,1H3,(H2,18,20). The van der Waals surface area contributed by atoms with Gasteiger partial charge in [0.15, 0.2) is 0 Å². The molecule has 0 saturated heterocycles. The Morgan fingerprint density at radius 2 is 2.00 bits per heavy atom. The van der Waals surface area contributed by atoms with Gasteiger partial charge in [-0.2, -0.15) is 0 Å². The second-order valence-electron chi connectivity index (χ2n) is 4.38. The minimum atomic E-state index is -0.762. The van der Waals surface area contributed by atoms with Crippen LogP contribution in [0, 0.1) is 0 Å². The molecule has 1 unspecified atom stereocenters. The van der Waals surface area contributed by atoms with Gasteiger partial charge >= 0.3 is 0 Å². The number of primary amides is 1. The van der Waals surface area contributed by atoms with Gasteiger partial charge in [-0.3, -0.25) is 4.79 Å². The van der Waals surface area contributed by atoms with Gasteiger partial charge in [0, 0.05) is 27.4 Å². The smallest absolute Gasteiger partial charge is 0.244 e. The molecule has 0 heterocycles. The van der Waals surface area contributed by atoms with Crippen LogP contribution in [-0.2, 0) is 4.79 Å². The Bertz CT molecular complexity index is 662. The lowest BCUT2D eigenvalue weighted by molar-refractivity contribution is -0.118. The molecule has 0 aliphatic carbocycles. The molecule has 0 aliphatic heterocycles. The molecule has 0 fully saturated rings. The van der Waals surface area contributed by atoms with Crippen LogP contribution < -0.4 is 15.8 Å². The number of nitrogens with two attached hydrogens (primary N) is 1. The fraction of sp³-hybridized carbons (Fsp3) is 0.133. The average molecular weight is 325 g/mol. The second kappa shape index (κ2) is 6.70. The third kappa shape index (κ3) is 3.80. The van der Waals surface area contributed by atoms with Crippen LogP contribution in [0.15, 0.2) is 42.5 Å². The molecule has 0 saturated carbocycles. The summed E-state index contributed by atoms with van der Waals surface area (Å²) in [6.45, 7) is 0. The van der Waals surface area contributed by atoms with Crippen molar-refractivity contribution in [3.05, 3.63) is 58.1 Å². The molecule has 0 spiro atoms. The highest BCUT2D eigenvalue weighted by Crippen LogP contribution is 2.29. The van der Waals surface area contributed by atoms with E-state index in [4.69, 9.17) is 33.7 Å². The molecule has 1 atom stereocenters. The van der Waals surface area contributed by atoms with Crippen LogP contribution in [0.1, 0.15) is 11.6 Å². The van der Waals surface area contributed by atoms with E-state index in [-0.39, 0.29) is 0 Å². The molecule has 2 aromatic rings. The van der Waals surface area contributed by atoms with Crippen molar-refractivity contribution in [1.82, 2.24) is 0 Å². The summed E-state index contributed by atoms with van der Waals surface area (Å²) in [5.41, 5.74) is 6.73. The van der Waals surface area contributed by atoms with Crippen LogP contribution in [0.4, 0.5) is 5.69 Å². The Balaban J connectivity index is 2.33. The zero-order valence-corrected chi connectivity index (χ0v) is 12.8. The summed E-state index contributed by atoms with van der Waals surface area (Å²) in [5, 5.41) is 3.92. The second-order valence-corrected chi connectivity index (χ2v) is 5.22. The van der Waals surface area contributed by atoms with Crippen LogP contribution in [0.5, 0.6) is 5.75 Å². The van der Waals surface area contributed by atoms with Gasteiger partial charge in [0.25, 0.3) is 0 Å². The number of carbonyl (C=O) groups is 1. The Hall–Kier alpha value is -1.91. The van der Waals surface area contributed by atoms with E-state index >= 15 is 0 Å². The molecule has 0 bridgehead atoms. The van der Waals surface area contributed by atoms with Crippen LogP contribution in [0.3, 0.4) is 0 Å². The van der Waals surface area contributed by atoms with Crippen molar-refractivity contribution in [1.29, 1.82) is 0 Å². The number of carbonyl (C=O) groups excluding carboxylic acids is 1. The Labute approximate surface area is 132 Å². The van der Waals surface area contributed by atoms with E-state index in [1.165, 1.54) is 0 Å². The first-order valence-electron chi connectivity index (χ1n) is 6.16. The van der Waals surface area contributed by atoms with E-state index in [1.54, 1.807) is 37.4 Å². The molecule has 4 nitrogen and oxygen atoms in total. The van der Waals surface area contributed by atoms with E-state index in [9.17, 15) is 4.79 Å². The number of halogens is 2. The highest BCUT2D eigenvalue weighted by Gasteiger charge is 2.20. The number of benzene rings is 2. The maximum absolute atomic E-state index is 11.7. The molecule has 110 valence electrons. The van der Waals surface area contributed by atoms with E-state index < -0.39 is 11.9 Å². The zero-order chi connectivity index (χ0) is 15.4. The van der Waals surface area contributed by atoms with Crippen LogP contribution >= 0.6 is 23.2 Å². The van der Waals surface area contributed by atoms with Gasteiger partial charge in [0.1, 0.15) is 11.8 Å². The summed E-state index contributed by atoms with van der Waals surface area (Å²) < 4.78 is 5.14. The van der Waals surface area contributed by atoms with Crippen molar-refractivity contribution in [2.24, 2.45) is 5.73 Å². The maximum atomic E-state index is 11.7. The zero-order valence-electron chi connectivity index (χ0n) is 11.3. The molecule has 6 heteroatoms. The summed E-state index contributed by atoms with van der Waals surface area (Å²) in [7, 11) is 1.57. The first-order chi connectivity index (χ1) is 10.0. The summed E-state index contributed by atoms with van der Waals surface area (Å²) in [6, 6.07) is 11.3. The SMILES string of the molecule is COc1cccc(NC(C(N)=O)c2ccc(Cl)cc2Cl)c1. The fourth-order valence-corrected chi connectivity index (χ4v) is 2.43. The van der Waals surface area contributed by atoms with Crippen molar-refractivity contribution >= 4 is 34.8 Å². The topological polar surface area (TPSA) is 64.3 Å². The van der Waals surface area contributed by atoms with Gasteiger partial charge < -0.3 is 15.8 Å². The molecular formula is C15H14Cl2N2O2. The maximum Gasteiger partial charge on any atom is 0.244 e. The van der Waals surface area contributed by atoms with Gasteiger partial charge in [-0.05, 0) is 24.3 Å². The van der Waals surface area contributed by atoms with Gasteiger partial charge in [-0.25, -0.2) is 0 Å². The van der Waals surface area contributed by atoms with Crippen LogP contribution in [0.2, 0.25) is 10.0 Å². The van der Waals surface area contributed by atoms with E-state index in [0.29, 0.717) is 27.0 Å². The molecule has 21 heavy (non-hydrogen) atoms. The molecular weight excluding hydrogens is 311 g/mol. The van der Waals surface area contributed by atoms with Crippen molar-refractivity contribution in [2.45, 2.75) is 6.04 Å². The van der Waals surface area contributed by atoms with E-state index in [0.717, 1.165) is 0 Å². The van der Waals surface area contributed by atoms with E-state index in [1.807, 2.05) is 12.1 Å². The van der Waals surface area contributed by atoms with Gasteiger partial charge in [-0.15, -0.1) is 0 Å². The van der Waals surface area contributed by atoms with Gasteiger partial charge in [0.05, 0.1) is 7.11 Å². The van der Waals surface area contributed by atoms with Gasteiger partial charge in [-0.1, -0.05) is 35.3 Å². The Kier molecular flexibility index (Phi) is 4.94.